The van der Waals surface area contributed by atoms with Crippen molar-refractivity contribution in [3.63, 3.8) is 0 Å². The van der Waals surface area contributed by atoms with E-state index in [-0.39, 0.29) is 11.9 Å². The summed E-state index contributed by atoms with van der Waals surface area (Å²) >= 11 is 0. The van der Waals surface area contributed by atoms with Gasteiger partial charge in [0, 0.05) is 50.0 Å². The lowest BCUT2D eigenvalue weighted by Gasteiger charge is -2.38. The summed E-state index contributed by atoms with van der Waals surface area (Å²) in [6, 6.07) is 12.6. The van der Waals surface area contributed by atoms with E-state index in [1.807, 2.05) is 36.5 Å². The smallest absolute Gasteiger partial charge is 0.254 e. The van der Waals surface area contributed by atoms with Gasteiger partial charge in [0.1, 0.15) is 5.65 Å². The normalized spacial score (nSPS) is 19.4. The largest absolute Gasteiger partial charge is 0.381 e. The molecule has 1 aromatic carbocycles. The van der Waals surface area contributed by atoms with Crippen molar-refractivity contribution in [1.29, 1.82) is 5.26 Å². The minimum Gasteiger partial charge on any atom is -0.381 e. The number of nitriles is 1. The molecule has 1 fully saturated rings. The maximum atomic E-state index is 12.4. The third-order valence-electron chi connectivity index (χ3n) is 5.89. The average Bonchev–Trinajstić information content (AvgIpc) is 3.25. The standard InChI is InChI=1S/C23H26N6O/c1-15-11-18(8-10-29(15)14-17-5-3-16(12-24)4-6-17)28-21-19-7-9-26-22(19)27-13-20(21)23(30)25-2/h3-7,9,13,15,18H,8,10-11,14H2,1-2H3,(H,25,30)(H2,26,27,28)/t15-,18-/m0/s1. The zero-order valence-electron chi connectivity index (χ0n) is 17.3. The first-order valence-corrected chi connectivity index (χ1v) is 10.3. The Morgan fingerprint density at radius 1 is 1.33 bits per heavy atom. The predicted molar refractivity (Wildman–Crippen MR) is 117 cm³/mol. The van der Waals surface area contributed by atoms with Gasteiger partial charge >= 0.3 is 0 Å². The fourth-order valence-electron chi connectivity index (χ4n) is 4.18. The molecule has 0 aliphatic carbocycles. The Bertz CT molecular complexity index is 1080. The first-order valence-electron chi connectivity index (χ1n) is 10.3. The number of fused-ring (bicyclic) bond motifs is 1. The summed E-state index contributed by atoms with van der Waals surface area (Å²) in [6.07, 6.45) is 5.45. The second-order valence-electron chi connectivity index (χ2n) is 7.86. The van der Waals surface area contributed by atoms with E-state index < -0.39 is 0 Å². The van der Waals surface area contributed by atoms with Gasteiger partial charge in [-0.25, -0.2) is 4.98 Å². The average molecular weight is 403 g/mol. The Balaban J connectivity index is 1.47. The number of aromatic amines is 1. The van der Waals surface area contributed by atoms with E-state index in [0.29, 0.717) is 17.2 Å². The van der Waals surface area contributed by atoms with E-state index in [4.69, 9.17) is 5.26 Å². The number of pyridine rings is 1. The van der Waals surface area contributed by atoms with Crippen molar-refractivity contribution in [2.45, 2.75) is 38.4 Å². The third-order valence-corrected chi connectivity index (χ3v) is 5.89. The zero-order chi connectivity index (χ0) is 21.1. The minimum atomic E-state index is -0.139. The first kappa shape index (κ1) is 19.9. The van der Waals surface area contributed by atoms with Crippen LogP contribution < -0.4 is 10.6 Å². The molecule has 1 saturated heterocycles. The van der Waals surface area contributed by atoms with Crippen LogP contribution >= 0.6 is 0 Å². The molecule has 0 spiro atoms. The summed E-state index contributed by atoms with van der Waals surface area (Å²) in [7, 11) is 1.64. The highest BCUT2D eigenvalue weighted by atomic mass is 16.1. The number of aromatic nitrogens is 2. The van der Waals surface area contributed by atoms with Crippen LogP contribution in [0.3, 0.4) is 0 Å². The molecule has 7 nitrogen and oxygen atoms in total. The molecule has 1 aliphatic rings. The van der Waals surface area contributed by atoms with Crippen LogP contribution in [0.5, 0.6) is 0 Å². The van der Waals surface area contributed by atoms with E-state index >= 15 is 0 Å². The number of hydrogen-bond acceptors (Lipinski definition) is 5. The fraction of sp³-hybridized carbons (Fsp3) is 0.348. The Morgan fingerprint density at radius 2 is 2.13 bits per heavy atom. The van der Waals surface area contributed by atoms with Gasteiger partial charge in [-0.1, -0.05) is 12.1 Å². The van der Waals surface area contributed by atoms with Crippen molar-refractivity contribution in [3.8, 4) is 6.07 Å². The number of anilines is 1. The molecule has 1 amide bonds. The number of rotatable bonds is 5. The van der Waals surface area contributed by atoms with Gasteiger partial charge in [-0.2, -0.15) is 5.26 Å². The third kappa shape index (κ3) is 4.00. The van der Waals surface area contributed by atoms with E-state index in [1.54, 1.807) is 13.2 Å². The molecule has 0 unspecified atom stereocenters. The quantitative estimate of drug-likeness (QED) is 0.609. The van der Waals surface area contributed by atoms with Crippen LogP contribution in [0.15, 0.2) is 42.7 Å². The molecule has 30 heavy (non-hydrogen) atoms. The zero-order valence-corrected chi connectivity index (χ0v) is 17.3. The number of H-pyrrole nitrogens is 1. The number of nitrogens with one attached hydrogen (secondary N) is 3. The molecule has 1 aliphatic heterocycles. The lowest BCUT2D eigenvalue weighted by Crippen LogP contribution is -2.44. The van der Waals surface area contributed by atoms with Crippen LogP contribution in [0.25, 0.3) is 11.0 Å². The second kappa shape index (κ2) is 8.56. The maximum Gasteiger partial charge on any atom is 0.254 e. The summed E-state index contributed by atoms with van der Waals surface area (Å²) in [5.74, 6) is -0.139. The molecule has 7 heteroatoms. The van der Waals surface area contributed by atoms with E-state index in [0.717, 1.165) is 42.7 Å². The summed E-state index contributed by atoms with van der Waals surface area (Å²) in [5.41, 5.74) is 4.10. The first-order chi connectivity index (χ1) is 14.6. The van der Waals surface area contributed by atoms with Gasteiger partial charge in [-0.15, -0.1) is 0 Å². The van der Waals surface area contributed by atoms with Crippen LogP contribution in [0.2, 0.25) is 0 Å². The summed E-state index contributed by atoms with van der Waals surface area (Å²) in [6.45, 7) is 4.09. The number of hydrogen-bond donors (Lipinski definition) is 3. The summed E-state index contributed by atoms with van der Waals surface area (Å²) < 4.78 is 0. The highest BCUT2D eigenvalue weighted by molar-refractivity contribution is 6.06. The fourth-order valence-corrected chi connectivity index (χ4v) is 4.18. The minimum absolute atomic E-state index is 0.139. The maximum absolute atomic E-state index is 12.4. The SMILES string of the molecule is CNC(=O)c1cnc2[nH]ccc2c1N[C@H]1CCN(Cc2ccc(C#N)cc2)[C@@H](C)C1. The molecule has 154 valence electrons. The molecule has 3 aromatic rings. The van der Waals surface area contributed by atoms with Crippen LogP contribution in [0, 0.1) is 11.3 Å². The van der Waals surface area contributed by atoms with Crippen molar-refractivity contribution >= 4 is 22.6 Å². The number of carbonyl (C=O) groups is 1. The molecule has 2 atom stereocenters. The Labute approximate surface area is 176 Å². The number of piperidine rings is 1. The molecule has 4 rings (SSSR count). The number of likely N-dealkylation sites (tertiary alicyclic amines) is 1. The lowest BCUT2D eigenvalue weighted by molar-refractivity contribution is 0.0963. The molecular formula is C23H26N6O. The van der Waals surface area contributed by atoms with E-state index in [1.165, 1.54) is 5.56 Å². The van der Waals surface area contributed by atoms with E-state index in [9.17, 15) is 4.79 Å². The van der Waals surface area contributed by atoms with Crippen LogP contribution in [-0.4, -0.2) is 46.5 Å². The van der Waals surface area contributed by atoms with Gasteiger partial charge in [0.25, 0.3) is 5.91 Å². The summed E-state index contributed by atoms with van der Waals surface area (Å²) in [5, 5.41) is 16.2. The lowest BCUT2D eigenvalue weighted by atomic mass is 9.96. The number of carbonyl (C=O) groups excluding carboxylic acids is 1. The van der Waals surface area contributed by atoms with Crippen molar-refractivity contribution < 1.29 is 4.79 Å². The van der Waals surface area contributed by atoms with Crippen molar-refractivity contribution in [3.05, 3.63) is 59.4 Å². The molecular weight excluding hydrogens is 376 g/mol. The summed E-state index contributed by atoms with van der Waals surface area (Å²) in [4.78, 5) is 22.3. The topological polar surface area (TPSA) is 96.8 Å². The second-order valence-corrected chi connectivity index (χ2v) is 7.86. The van der Waals surface area contributed by atoms with Crippen molar-refractivity contribution in [2.24, 2.45) is 0 Å². The highest BCUT2D eigenvalue weighted by Crippen LogP contribution is 2.29. The van der Waals surface area contributed by atoms with Crippen LogP contribution in [0.1, 0.15) is 41.3 Å². The molecule has 2 aromatic heterocycles. The predicted octanol–water partition coefficient (Wildman–Crippen LogP) is 3.26. The molecule has 3 heterocycles. The molecule has 0 radical (unpaired) electrons. The molecule has 0 saturated carbocycles. The van der Waals surface area contributed by atoms with Crippen molar-refractivity contribution in [1.82, 2.24) is 20.2 Å². The Morgan fingerprint density at radius 3 is 2.83 bits per heavy atom. The van der Waals surface area contributed by atoms with E-state index in [2.05, 4.69) is 38.5 Å². The Hall–Kier alpha value is -3.37. The number of amides is 1. The molecule has 0 bridgehead atoms. The number of nitrogens with zero attached hydrogens (tertiary/aromatic N) is 3. The number of benzene rings is 1. The van der Waals surface area contributed by atoms with Gasteiger partial charge < -0.3 is 15.6 Å². The molecule has 3 N–H and O–H groups in total. The van der Waals surface area contributed by atoms with Gasteiger partial charge in [-0.3, -0.25) is 9.69 Å². The van der Waals surface area contributed by atoms with Gasteiger partial charge in [-0.05, 0) is 43.5 Å². The highest BCUT2D eigenvalue weighted by Gasteiger charge is 2.27. The van der Waals surface area contributed by atoms with Gasteiger partial charge in [0.05, 0.1) is 22.9 Å². The Kier molecular flexibility index (Phi) is 5.68. The van der Waals surface area contributed by atoms with Gasteiger partial charge in [0.15, 0.2) is 0 Å². The van der Waals surface area contributed by atoms with Gasteiger partial charge in [0.2, 0.25) is 0 Å². The van der Waals surface area contributed by atoms with Crippen molar-refractivity contribution in [2.75, 3.05) is 18.9 Å². The van der Waals surface area contributed by atoms with Crippen LogP contribution in [-0.2, 0) is 6.54 Å². The monoisotopic (exact) mass is 402 g/mol. The van der Waals surface area contributed by atoms with Crippen LogP contribution in [0.4, 0.5) is 5.69 Å².